The van der Waals surface area contributed by atoms with Gasteiger partial charge in [0.2, 0.25) is 0 Å². The average Bonchev–Trinajstić information content (AvgIpc) is 2.00. The summed E-state index contributed by atoms with van der Waals surface area (Å²) < 4.78 is 17.7. The van der Waals surface area contributed by atoms with Gasteiger partial charge in [-0.1, -0.05) is 90.1 Å². The normalized spacial score (nSPS) is 11.3. The number of piperazine rings is 2. The predicted octanol–water partition coefficient (Wildman–Crippen LogP) is 13.5. The number of thiophene rings is 3. The summed E-state index contributed by atoms with van der Waals surface area (Å²) in [6.45, 7) is 47.6. The Morgan fingerprint density at radius 3 is 1.06 bits per heavy atom. The number of Topliss-reactive ketones (excluding diaryl/α,β-unsaturated/α-hetero) is 2. The fourth-order valence-electron chi connectivity index (χ4n) is 5.76. The molecule has 2 fully saturated rings. The molecule has 0 aromatic carbocycles. The fourth-order valence-corrected chi connectivity index (χ4v) is 9.70. The third-order valence-electron chi connectivity index (χ3n) is 9.94. The van der Waals surface area contributed by atoms with Crippen molar-refractivity contribution in [1.82, 2.24) is 25.8 Å². The Morgan fingerprint density at radius 2 is 0.854 bits per heavy atom. The van der Waals surface area contributed by atoms with Crippen molar-refractivity contribution in [2.45, 2.75) is 183 Å². The zero-order valence-corrected chi connectivity index (χ0v) is 63.7. The van der Waals surface area contributed by atoms with Gasteiger partial charge in [-0.15, -0.1) is 34.0 Å². The second kappa shape index (κ2) is 69.9. The highest BCUT2D eigenvalue weighted by atomic mass is 79.9. The number of carbonyl (C=O) groups is 6. The summed E-state index contributed by atoms with van der Waals surface area (Å²) in [5.74, 6) is -0.889. The number of hydrogen-bond acceptors (Lipinski definition) is 18. The molecule has 532 valence electrons. The maximum Gasteiger partial charge on any atom is 0.345 e. The lowest BCUT2D eigenvalue weighted by atomic mass is 8.68. The van der Waals surface area contributed by atoms with E-state index in [1.807, 2.05) is 107 Å². The number of ketones is 2. The number of halogens is 3. The smallest absolute Gasteiger partial charge is 0.345 e. The first-order valence-corrected chi connectivity index (χ1v) is 34.6. The summed E-state index contributed by atoms with van der Waals surface area (Å²) in [5.41, 5.74) is 18.9. The van der Waals surface area contributed by atoms with Crippen LogP contribution >= 0.6 is 81.8 Å². The van der Waals surface area contributed by atoms with E-state index in [0.29, 0.717) is 37.1 Å². The standard InChI is InChI=1S/C12H18BrN3OS.C8H4.C7H7BrOS.3C7H14O2.C6H15N3.C5H3BrO2S.C2H6.5CH4.B8/c13-12-2-1-11(18-12)10(17)9-15-5-8-16-6-3-14-4-7-16;1-3-5-7-8-6-4-2;1-2-5(9)6-3-4-7(8)10-6;3*1-5-6(8)9-7(2,3)4;7-1-4-9-5-2-8-3-6-9;6-4-2-1-3(9-4)5(7)8;1-2;;;;;;1-6(2)8(5)7(3)4/h1-2,14-15H,3-9H2;1-2H2;3-4H,2H2,1H3;3*5H2,1-4H3;8H,1-7H2;1-2H,(H,7,8);1-2H3;5*1H4;. The van der Waals surface area contributed by atoms with Gasteiger partial charge in [0.25, 0.3) is 0 Å². The summed E-state index contributed by atoms with van der Waals surface area (Å²) in [5, 5.41) is 18.2. The molecule has 2 saturated heterocycles. The molecule has 96 heavy (non-hydrogen) atoms. The van der Waals surface area contributed by atoms with Gasteiger partial charge >= 0.3 is 23.9 Å². The van der Waals surface area contributed by atoms with Crippen molar-refractivity contribution in [3.8, 4) is 0 Å². The number of nitrogens with two attached hydrogens (primary N) is 1. The van der Waals surface area contributed by atoms with E-state index >= 15 is 0 Å². The first-order chi connectivity index (χ1) is 42.5. The predicted molar refractivity (Wildman–Crippen MR) is 434 cm³/mol. The Bertz CT molecular complexity index is 2590. The molecule has 5 rings (SSSR count). The zero-order chi connectivity index (χ0) is 71.2. The number of esters is 3. The minimum atomic E-state index is -0.870. The second-order valence-electron chi connectivity index (χ2n) is 21.4. The molecule has 0 spiro atoms. The van der Waals surface area contributed by atoms with E-state index in [1.54, 1.807) is 32.9 Å². The zero-order valence-electron chi connectivity index (χ0n) is 56.5. The van der Waals surface area contributed by atoms with Crippen molar-refractivity contribution in [3.63, 3.8) is 0 Å². The van der Waals surface area contributed by atoms with E-state index < -0.39 is 25.1 Å². The minimum Gasteiger partial charge on any atom is -0.477 e. The van der Waals surface area contributed by atoms with E-state index in [1.165, 1.54) is 34.0 Å². The average molecular weight is 1580 g/mol. The van der Waals surface area contributed by atoms with E-state index in [4.69, 9.17) is 63.7 Å². The fraction of sp³-hybridized carbons (Fsp3) is 0.606. The van der Waals surface area contributed by atoms with Gasteiger partial charge in [-0.05, 0) is 183 Å². The first-order valence-electron chi connectivity index (χ1n) is 29.8. The Hall–Kier alpha value is -3.54. The van der Waals surface area contributed by atoms with Crippen LogP contribution in [0.15, 0.2) is 95.3 Å². The largest absolute Gasteiger partial charge is 0.477 e. The molecule has 16 nitrogen and oxygen atoms in total. The van der Waals surface area contributed by atoms with Gasteiger partial charge in [-0.2, -0.15) is 0 Å². The van der Waals surface area contributed by atoms with Crippen molar-refractivity contribution in [2.24, 2.45) is 5.73 Å². The van der Waals surface area contributed by atoms with Crippen LogP contribution < -0.4 is 21.7 Å². The molecule has 10 radical (unpaired) electrons. The van der Waals surface area contributed by atoms with Crippen LogP contribution in [0.4, 0.5) is 0 Å². The molecule has 5 heterocycles. The molecule has 0 aliphatic carbocycles. The van der Waals surface area contributed by atoms with Crippen LogP contribution in [-0.4, -0.2) is 210 Å². The van der Waals surface area contributed by atoms with Gasteiger partial charge in [-0.3, -0.25) is 33.8 Å². The molecule has 0 saturated carbocycles. The number of rotatable bonds is 16. The minimum absolute atomic E-state index is 0. The topological polar surface area (TPSA) is 219 Å². The van der Waals surface area contributed by atoms with Gasteiger partial charge < -0.3 is 41.0 Å². The van der Waals surface area contributed by atoms with Gasteiger partial charge in [0.1, 0.15) is 21.7 Å². The van der Waals surface area contributed by atoms with Crippen molar-refractivity contribution in [2.75, 3.05) is 85.1 Å². The summed E-state index contributed by atoms with van der Waals surface area (Å²) >= 11 is 14.0. The Morgan fingerprint density at radius 1 is 0.552 bits per heavy atom. The first kappa shape index (κ1) is 114. The van der Waals surface area contributed by atoms with E-state index in [9.17, 15) is 28.8 Å². The molecule has 0 amide bonds. The number of nitrogens with one attached hydrogen (secondary N) is 3. The van der Waals surface area contributed by atoms with Gasteiger partial charge in [0.15, 0.2) is 11.6 Å². The van der Waals surface area contributed by atoms with Gasteiger partial charge in [0, 0.05) is 162 Å². The number of carbonyl (C=O) groups excluding carboxylic acids is 5. The number of hydrogen-bond donors (Lipinski definition) is 5. The molecule has 6 N–H and O–H groups in total. The number of ether oxygens (including phenoxy) is 3. The summed E-state index contributed by atoms with van der Waals surface area (Å²) in [6.07, 6.45) is 0.179. The van der Waals surface area contributed by atoms with Crippen molar-refractivity contribution >= 4 is 175 Å². The molecular weight excluding hydrogens is 1460 g/mol. The second-order valence-corrected chi connectivity index (χ2v) is 28.8. The maximum atomic E-state index is 11.8. The highest BCUT2D eigenvalue weighted by molar-refractivity contribution is 9.11. The van der Waals surface area contributed by atoms with Crippen LogP contribution in [0.2, 0.25) is 0 Å². The molecule has 3 aromatic heterocycles. The van der Waals surface area contributed by atoms with Crippen molar-refractivity contribution < 1.29 is 48.1 Å². The number of carboxylic acid groups (broad SMARTS) is 1. The third kappa shape index (κ3) is 76.2. The molecule has 2 aliphatic heterocycles. The molecule has 3 aromatic rings. The van der Waals surface area contributed by atoms with Crippen LogP contribution in [0.1, 0.15) is 196 Å². The van der Waals surface area contributed by atoms with Gasteiger partial charge in [0.05, 0.1) is 27.7 Å². The Labute approximate surface area is 628 Å². The molecular formula is C66H115B8Br3N6O10S3. The summed E-state index contributed by atoms with van der Waals surface area (Å²) in [4.78, 5) is 71.7. The molecule has 2 aliphatic rings. The maximum absolute atomic E-state index is 11.8. The van der Waals surface area contributed by atoms with Crippen LogP contribution in [0.25, 0.3) is 0 Å². The highest BCUT2D eigenvalue weighted by Gasteiger charge is 2.17. The molecule has 30 heteroatoms. The Kier molecular flexibility index (Phi) is 82.8. The summed E-state index contributed by atoms with van der Waals surface area (Å²) in [6, 6.07) is 10.8. The lowest BCUT2D eigenvalue weighted by Crippen LogP contribution is -2.52. The van der Waals surface area contributed by atoms with E-state index in [0.717, 1.165) is 99.7 Å². The van der Waals surface area contributed by atoms with Gasteiger partial charge in [-0.25, -0.2) is 4.79 Å². The quantitative estimate of drug-likeness (QED) is 0.0225. The molecule has 0 bridgehead atoms. The number of aromatic carboxylic acids is 1. The Balaban J connectivity index is -0.000000109. The van der Waals surface area contributed by atoms with Crippen molar-refractivity contribution in [1.29, 1.82) is 0 Å². The van der Waals surface area contributed by atoms with Crippen molar-refractivity contribution in [3.05, 3.63) is 110 Å². The number of nitrogens with zero attached hydrogens (tertiary/aromatic N) is 2. The third-order valence-corrected chi connectivity index (χ3v) is 14.9. The number of carboxylic acids is 1. The van der Waals surface area contributed by atoms with Crippen LogP contribution in [0.5, 0.6) is 0 Å². The van der Waals surface area contributed by atoms with E-state index in [-0.39, 0.29) is 83.4 Å². The molecule has 0 unspecified atom stereocenters. The lowest BCUT2D eigenvalue weighted by Gasteiger charge is -2.27. The van der Waals surface area contributed by atoms with E-state index in [2.05, 4.69) is 121 Å². The lowest BCUT2D eigenvalue weighted by molar-refractivity contribution is -0.155. The highest BCUT2D eigenvalue weighted by Crippen LogP contribution is 2.24. The van der Waals surface area contributed by atoms with Crippen LogP contribution in [-0.2, 0) is 28.6 Å². The SMILES string of the molecule is C.C.C.C.C.C=C=C=C=C=C=C=C.CC.CCC(=O)OC(C)(C)C.CCC(=O)OC(C)(C)C.CCC(=O)OC(C)(C)C.CCC(=O)c1ccc(Br)s1.NCCN1CCNCC1.O=C(CNCCN1CCNCC1)c1ccc(Br)s1.O=C(O)c1ccc(Br)s1.[B]B([B])B([B])B([B])[B]. The van der Waals surface area contributed by atoms with Crippen LogP contribution in [0, 0.1) is 0 Å². The summed E-state index contributed by atoms with van der Waals surface area (Å²) in [7, 11) is 25.8. The van der Waals surface area contributed by atoms with Crippen LogP contribution in [0.3, 0.4) is 0 Å². The monoisotopic (exact) mass is 1570 g/mol. The molecule has 0 atom stereocenters.